The maximum Gasteiger partial charge on any atom is 0.286 e. The number of pyridine rings is 1. The summed E-state index contributed by atoms with van der Waals surface area (Å²) < 4.78 is 1.47. The Hall–Kier alpha value is -2.08. The molecule has 0 bridgehead atoms. The van der Waals surface area contributed by atoms with Gasteiger partial charge in [0.1, 0.15) is 0 Å². The van der Waals surface area contributed by atoms with Gasteiger partial charge in [-0.3, -0.25) is 0 Å². The molecule has 5 nitrogen and oxygen atoms in total. The van der Waals surface area contributed by atoms with Gasteiger partial charge >= 0.3 is 0 Å². The molecule has 2 N–H and O–H groups in total. The number of halogens is 1. The van der Waals surface area contributed by atoms with E-state index in [1.165, 1.54) is 18.3 Å². The largest absolute Gasteiger partial charge is 0.618 e. The van der Waals surface area contributed by atoms with E-state index >= 15 is 0 Å². The molecule has 0 aliphatic heterocycles. The van der Waals surface area contributed by atoms with E-state index in [1.807, 2.05) is 45.0 Å². The molecular formula is C16H18BrN3O2. The second kappa shape index (κ2) is 6.36. The first-order chi connectivity index (χ1) is 10.3. The van der Waals surface area contributed by atoms with E-state index in [2.05, 4.69) is 26.5 Å². The van der Waals surface area contributed by atoms with Gasteiger partial charge in [0.2, 0.25) is 0 Å². The minimum Gasteiger partial charge on any atom is -0.618 e. The van der Waals surface area contributed by atoms with Crippen LogP contribution in [0.5, 0.6) is 5.75 Å². The van der Waals surface area contributed by atoms with Gasteiger partial charge in [0.25, 0.3) is 5.69 Å². The average Bonchev–Trinajstić information content (AvgIpc) is 2.41. The first kappa shape index (κ1) is 16.3. The van der Waals surface area contributed by atoms with Crippen molar-refractivity contribution in [2.24, 2.45) is 5.10 Å². The molecule has 0 spiro atoms. The van der Waals surface area contributed by atoms with Crippen molar-refractivity contribution in [2.75, 3.05) is 0 Å². The molecule has 0 unspecified atom stereocenters. The van der Waals surface area contributed by atoms with E-state index < -0.39 is 0 Å². The normalized spacial score (nSPS) is 12.3. The molecule has 0 radical (unpaired) electrons. The summed E-state index contributed by atoms with van der Waals surface area (Å²) >= 11 is 3.41. The third kappa shape index (κ3) is 3.98. The van der Waals surface area contributed by atoms with E-state index in [9.17, 15) is 10.3 Å². The van der Waals surface area contributed by atoms with Crippen molar-refractivity contribution in [1.82, 2.24) is 5.43 Å². The topological polar surface area (TPSA) is 71.6 Å². The molecule has 0 amide bonds. The van der Waals surface area contributed by atoms with Crippen LogP contribution in [-0.4, -0.2) is 16.4 Å². The summed E-state index contributed by atoms with van der Waals surface area (Å²) in [5.74, 6) is -0.119. The van der Waals surface area contributed by atoms with Gasteiger partial charge < -0.3 is 15.7 Å². The summed E-state index contributed by atoms with van der Waals surface area (Å²) in [5.41, 5.74) is 3.94. The average molecular weight is 364 g/mol. The van der Waals surface area contributed by atoms with Crippen LogP contribution in [0.25, 0.3) is 0 Å². The van der Waals surface area contributed by atoms with Crippen LogP contribution in [0.4, 0.5) is 0 Å². The summed E-state index contributed by atoms with van der Waals surface area (Å²) in [6.07, 6.45) is 1.33. The van der Waals surface area contributed by atoms with E-state index in [4.69, 9.17) is 0 Å². The Morgan fingerprint density at radius 2 is 2.00 bits per heavy atom. The van der Waals surface area contributed by atoms with Crippen molar-refractivity contribution < 1.29 is 9.84 Å². The first-order valence-corrected chi connectivity index (χ1v) is 7.59. The fourth-order valence-corrected chi connectivity index (χ4v) is 2.22. The summed E-state index contributed by atoms with van der Waals surface area (Å²) in [5, 5.41) is 26.5. The number of nitrogens with one attached hydrogen (secondary N) is 1. The number of aromatic nitrogens is 1. The zero-order valence-electron chi connectivity index (χ0n) is 12.7. The minimum atomic E-state index is -0.268. The van der Waals surface area contributed by atoms with Crippen LogP contribution in [0.15, 0.2) is 52.2 Å². The highest BCUT2D eigenvalue weighted by Gasteiger charge is 2.22. The fraction of sp³-hybridized carbons (Fsp3) is 0.250. The van der Waals surface area contributed by atoms with Crippen LogP contribution >= 0.6 is 15.9 Å². The van der Waals surface area contributed by atoms with Crippen LogP contribution in [-0.2, 0) is 0 Å². The van der Waals surface area contributed by atoms with Gasteiger partial charge in [-0.05, 0) is 39.0 Å². The molecule has 0 saturated carbocycles. The fourth-order valence-electron chi connectivity index (χ4n) is 1.82. The second-order valence-corrected chi connectivity index (χ2v) is 6.82. The number of nitrogens with zero attached hydrogens (tertiary/aromatic N) is 2. The first-order valence-electron chi connectivity index (χ1n) is 6.80. The van der Waals surface area contributed by atoms with Crippen molar-refractivity contribution in [2.45, 2.75) is 26.3 Å². The monoisotopic (exact) mass is 363 g/mol. The van der Waals surface area contributed by atoms with Gasteiger partial charge in [-0.2, -0.15) is 9.83 Å². The van der Waals surface area contributed by atoms with Crippen LogP contribution in [0.2, 0.25) is 0 Å². The van der Waals surface area contributed by atoms with E-state index in [0.29, 0.717) is 10.4 Å². The lowest BCUT2D eigenvalue weighted by Crippen LogP contribution is -2.37. The number of aromatic hydroxyl groups is 1. The Kier molecular flexibility index (Phi) is 4.71. The number of rotatable bonds is 3. The van der Waals surface area contributed by atoms with Crippen molar-refractivity contribution in [1.29, 1.82) is 0 Å². The summed E-state index contributed by atoms with van der Waals surface area (Å²) in [6.45, 7) is 5.89. The van der Waals surface area contributed by atoms with Crippen LogP contribution in [0, 0.1) is 5.21 Å². The molecule has 2 aromatic rings. The van der Waals surface area contributed by atoms with E-state index in [0.717, 1.165) is 10.0 Å². The van der Waals surface area contributed by atoms with Crippen LogP contribution < -0.4 is 10.2 Å². The van der Waals surface area contributed by atoms with E-state index in [-0.39, 0.29) is 17.0 Å². The van der Waals surface area contributed by atoms with Crippen molar-refractivity contribution in [3.8, 4) is 5.75 Å². The summed E-state index contributed by atoms with van der Waals surface area (Å²) in [6, 6.07) is 10.4. The van der Waals surface area contributed by atoms with Gasteiger partial charge in [0, 0.05) is 21.6 Å². The summed E-state index contributed by atoms with van der Waals surface area (Å²) in [4.78, 5) is 0. The maximum absolute atomic E-state index is 12.1. The molecule has 22 heavy (non-hydrogen) atoms. The molecule has 0 aliphatic rings. The molecule has 0 atom stereocenters. The molecule has 1 heterocycles. The lowest BCUT2D eigenvalue weighted by Gasteiger charge is -2.19. The zero-order valence-corrected chi connectivity index (χ0v) is 14.3. The van der Waals surface area contributed by atoms with Gasteiger partial charge in [0.15, 0.2) is 17.7 Å². The Morgan fingerprint density at radius 1 is 1.27 bits per heavy atom. The number of benzene rings is 1. The second-order valence-electron chi connectivity index (χ2n) is 5.90. The molecule has 1 aromatic heterocycles. The minimum absolute atomic E-state index is 0.109. The van der Waals surface area contributed by atoms with Crippen molar-refractivity contribution in [3.63, 3.8) is 0 Å². The lowest BCUT2D eigenvalue weighted by atomic mass is 10.1. The predicted molar refractivity (Wildman–Crippen MR) is 89.7 cm³/mol. The SMILES string of the molecule is CC(C)(C)N/N=C(\c1cccc(Br)c1)c1c(O)ccc[n+]1[O-]. The third-order valence-electron chi connectivity index (χ3n) is 2.76. The van der Waals surface area contributed by atoms with Gasteiger partial charge in [0.05, 0.1) is 0 Å². The van der Waals surface area contributed by atoms with Gasteiger partial charge in [-0.25, -0.2) is 0 Å². The molecule has 116 valence electrons. The van der Waals surface area contributed by atoms with Crippen LogP contribution in [0.3, 0.4) is 0 Å². The van der Waals surface area contributed by atoms with Crippen molar-refractivity contribution in [3.05, 3.63) is 63.5 Å². The standard InChI is InChI=1S/C16H18BrN3O2/c1-16(2,3)19-18-14(11-6-4-7-12(17)10-11)15-13(21)8-5-9-20(15)22/h4-10,19,21H,1-3H3/b18-14+. The lowest BCUT2D eigenvalue weighted by molar-refractivity contribution is -0.607. The number of hydrogen-bond acceptors (Lipinski definition) is 4. The molecule has 6 heteroatoms. The number of hydrazone groups is 1. The highest BCUT2D eigenvalue weighted by Crippen LogP contribution is 2.20. The Morgan fingerprint density at radius 3 is 2.59 bits per heavy atom. The highest BCUT2D eigenvalue weighted by molar-refractivity contribution is 9.10. The molecule has 0 saturated heterocycles. The Balaban J connectivity index is 2.61. The van der Waals surface area contributed by atoms with Gasteiger partial charge in [-0.1, -0.05) is 28.1 Å². The molecular weight excluding hydrogens is 346 g/mol. The smallest absolute Gasteiger partial charge is 0.286 e. The molecule has 1 aromatic carbocycles. The molecule has 2 rings (SSSR count). The Bertz CT molecular complexity index is 689. The Labute approximate surface area is 138 Å². The van der Waals surface area contributed by atoms with Crippen molar-refractivity contribution >= 4 is 21.6 Å². The maximum atomic E-state index is 12.1. The van der Waals surface area contributed by atoms with Crippen LogP contribution in [0.1, 0.15) is 32.0 Å². The number of hydrogen-bond donors (Lipinski definition) is 2. The van der Waals surface area contributed by atoms with E-state index in [1.54, 1.807) is 0 Å². The molecule has 0 fully saturated rings. The predicted octanol–water partition coefficient (Wildman–Crippen LogP) is 2.93. The summed E-state index contributed by atoms with van der Waals surface area (Å²) in [7, 11) is 0. The zero-order chi connectivity index (χ0) is 16.3. The quantitative estimate of drug-likeness (QED) is 0.381. The third-order valence-corrected chi connectivity index (χ3v) is 3.26. The highest BCUT2D eigenvalue weighted by atomic mass is 79.9. The molecule has 0 aliphatic carbocycles. The van der Waals surface area contributed by atoms with Gasteiger partial charge in [-0.15, -0.1) is 0 Å².